The molecule has 0 spiro atoms. The lowest BCUT2D eigenvalue weighted by molar-refractivity contribution is 0.102. The maximum atomic E-state index is 5.46. The fourth-order valence-electron chi connectivity index (χ4n) is 2.08. The molecule has 2 aromatic carbocycles. The molecule has 2 aromatic rings. The summed E-state index contributed by atoms with van der Waals surface area (Å²) in [7, 11) is 0. The minimum Gasteiger partial charge on any atom is -0.375 e. The highest BCUT2D eigenvalue weighted by molar-refractivity contribution is 5.82. The molecule has 1 aliphatic rings. The molecule has 0 bridgehead atoms. The van der Waals surface area contributed by atoms with Crippen LogP contribution in [-0.4, -0.2) is 12.7 Å². The highest BCUT2D eigenvalue weighted by Crippen LogP contribution is 2.16. The van der Waals surface area contributed by atoms with Gasteiger partial charge >= 0.3 is 0 Å². The van der Waals surface area contributed by atoms with E-state index in [-0.39, 0.29) is 0 Å². The van der Waals surface area contributed by atoms with Gasteiger partial charge in [-0.15, -0.1) is 0 Å². The third kappa shape index (κ3) is 6.91. The third-order valence-electron chi connectivity index (χ3n) is 3.46. The molecule has 0 unspecified atom stereocenters. The number of allylic oxidation sites excluding steroid dienone is 1. The third-order valence-corrected chi connectivity index (χ3v) is 3.46. The van der Waals surface area contributed by atoms with E-state index in [4.69, 9.17) is 4.74 Å². The van der Waals surface area contributed by atoms with E-state index in [0.29, 0.717) is 6.10 Å². The van der Waals surface area contributed by atoms with Crippen LogP contribution < -0.4 is 0 Å². The zero-order chi connectivity index (χ0) is 15.6. The number of hydrogen-bond donors (Lipinski definition) is 0. The second-order valence-electron chi connectivity index (χ2n) is 6.13. The molecular weight excluding hydrogens is 268 g/mol. The molecule has 1 fully saturated rings. The van der Waals surface area contributed by atoms with E-state index in [0.717, 1.165) is 19.4 Å². The van der Waals surface area contributed by atoms with Crippen LogP contribution in [-0.2, 0) is 11.2 Å². The van der Waals surface area contributed by atoms with Crippen molar-refractivity contribution >= 4 is 10.8 Å². The molecule has 118 valence electrons. The first-order valence-electron chi connectivity index (χ1n) is 8.50. The Hall–Kier alpha value is -1.60. The molecule has 0 aromatic heterocycles. The summed E-state index contributed by atoms with van der Waals surface area (Å²) in [6.45, 7) is 4.83. The quantitative estimate of drug-likeness (QED) is 0.601. The van der Waals surface area contributed by atoms with Crippen molar-refractivity contribution < 1.29 is 4.74 Å². The van der Waals surface area contributed by atoms with Gasteiger partial charge in [0.2, 0.25) is 0 Å². The largest absolute Gasteiger partial charge is 0.375 e. The Labute approximate surface area is 135 Å². The predicted octanol–water partition coefficient (Wildman–Crippen LogP) is 5.92. The summed E-state index contributed by atoms with van der Waals surface area (Å²) < 4.78 is 5.46. The first kappa shape index (κ1) is 16.8. The van der Waals surface area contributed by atoms with Crippen LogP contribution >= 0.6 is 0 Å². The molecule has 0 saturated heterocycles. The monoisotopic (exact) mass is 296 g/mol. The average Bonchev–Trinajstić information content (AvgIpc) is 3.39. The van der Waals surface area contributed by atoms with Gasteiger partial charge in [-0.2, -0.15) is 0 Å². The maximum Gasteiger partial charge on any atom is 0.0650 e. The second kappa shape index (κ2) is 9.42. The van der Waals surface area contributed by atoms with Gasteiger partial charge in [-0.3, -0.25) is 0 Å². The summed E-state index contributed by atoms with van der Waals surface area (Å²) in [4.78, 5) is 0. The van der Waals surface area contributed by atoms with E-state index in [2.05, 4.69) is 68.5 Å². The van der Waals surface area contributed by atoms with Crippen LogP contribution in [0.4, 0.5) is 0 Å². The highest BCUT2D eigenvalue weighted by atomic mass is 16.5. The first-order chi connectivity index (χ1) is 10.8. The number of rotatable bonds is 6. The SMILES string of the molecule is C1CC1.CC(C)OC/C=C/CCc1ccc2ccccc2c1. The van der Waals surface area contributed by atoms with E-state index < -0.39 is 0 Å². The second-order valence-corrected chi connectivity index (χ2v) is 6.13. The predicted molar refractivity (Wildman–Crippen MR) is 96.3 cm³/mol. The van der Waals surface area contributed by atoms with Crippen molar-refractivity contribution in [2.45, 2.75) is 52.1 Å². The Morgan fingerprint density at radius 2 is 1.68 bits per heavy atom. The summed E-state index contributed by atoms with van der Waals surface area (Å²) in [6, 6.07) is 15.2. The Balaban J connectivity index is 0.000000523. The van der Waals surface area contributed by atoms with Gasteiger partial charge in [0.15, 0.2) is 0 Å². The summed E-state index contributed by atoms with van der Waals surface area (Å²) in [5, 5.41) is 2.64. The fraction of sp³-hybridized carbons (Fsp3) is 0.429. The molecule has 0 atom stereocenters. The maximum absolute atomic E-state index is 5.46. The van der Waals surface area contributed by atoms with Crippen molar-refractivity contribution in [3.63, 3.8) is 0 Å². The molecule has 1 aliphatic carbocycles. The van der Waals surface area contributed by atoms with Crippen LogP contribution in [0.1, 0.15) is 45.1 Å². The molecule has 0 N–H and O–H groups in total. The van der Waals surface area contributed by atoms with Crippen molar-refractivity contribution in [3.8, 4) is 0 Å². The smallest absolute Gasteiger partial charge is 0.0650 e. The molecule has 0 heterocycles. The molecular formula is C21H28O. The Bertz CT molecular complexity index is 578. The first-order valence-corrected chi connectivity index (χ1v) is 8.50. The van der Waals surface area contributed by atoms with Gasteiger partial charge in [0, 0.05) is 0 Å². The van der Waals surface area contributed by atoms with Gasteiger partial charge in [0.05, 0.1) is 12.7 Å². The van der Waals surface area contributed by atoms with Crippen molar-refractivity contribution in [1.82, 2.24) is 0 Å². The summed E-state index contributed by atoms with van der Waals surface area (Å²) in [5.74, 6) is 0. The number of benzene rings is 2. The number of hydrogen-bond acceptors (Lipinski definition) is 1. The number of ether oxygens (including phenoxy) is 1. The van der Waals surface area contributed by atoms with E-state index in [1.807, 2.05) is 0 Å². The van der Waals surface area contributed by atoms with Crippen LogP contribution in [0.2, 0.25) is 0 Å². The molecule has 1 heteroatoms. The molecule has 0 amide bonds. The Kier molecular flexibility index (Phi) is 7.18. The Morgan fingerprint density at radius 1 is 0.955 bits per heavy atom. The van der Waals surface area contributed by atoms with Gasteiger partial charge in [0.25, 0.3) is 0 Å². The van der Waals surface area contributed by atoms with Crippen LogP contribution in [0.3, 0.4) is 0 Å². The zero-order valence-electron chi connectivity index (χ0n) is 13.9. The van der Waals surface area contributed by atoms with Crippen LogP contribution in [0.15, 0.2) is 54.6 Å². The van der Waals surface area contributed by atoms with Crippen LogP contribution in [0.5, 0.6) is 0 Å². The lowest BCUT2D eigenvalue weighted by atomic mass is 10.0. The van der Waals surface area contributed by atoms with Crippen molar-refractivity contribution in [2.24, 2.45) is 0 Å². The molecule has 3 rings (SSSR count). The minimum atomic E-state index is 0.310. The van der Waals surface area contributed by atoms with Crippen LogP contribution in [0, 0.1) is 0 Å². The number of fused-ring (bicyclic) bond motifs is 1. The van der Waals surface area contributed by atoms with Gasteiger partial charge < -0.3 is 4.74 Å². The van der Waals surface area contributed by atoms with Gasteiger partial charge in [-0.1, -0.05) is 73.9 Å². The summed E-state index contributed by atoms with van der Waals surface area (Å²) in [6.07, 6.45) is 11.3. The molecule has 22 heavy (non-hydrogen) atoms. The normalized spacial score (nSPS) is 13.4. The fourth-order valence-corrected chi connectivity index (χ4v) is 2.08. The van der Waals surface area contributed by atoms with E-state index in [1.54, 1.807) is 0 Å². The van der Waals surface area contributed by atoms with Gasteiger partial charge in [0.1, 0.15) is 0 Å². The van der Waals surface area contributed by atoms with Gasteiger partial charge in [-0.05, 0) is 43.0 Å². The Morgan fingerprint density at radius 3 is 2.36 bits per heavy atom. The zero-order valence-corrected chi connectivity index (χ0v) is 13.9. The lowest BCUT2D eigenvalue weighted by Gasteiger charge is -2.03. The summed E-state index contributed by atoms with van der Waals surface area (Å²) >= 11 is 0. The van der Waals surface area contributed by atoms with Crippen molar-refractivity contribution in [1.29, 1.82) is 0 Å². The number of aryl methyl sites for hydroxylation is 1. The van der Waals surface area contributed by atoms with Crippen molar-refractivity contribution in [2.75, 3.05) is 6.61 Å². The molecule has 0 aliphatic heterocycles. The average molecular weight is 296 g/mol. The lowest BCUT2D eigenvalue weighted by Crippen LogP contribution is -2.01. The highest BCUT2D eigenvalue weighted by Gasteiger charge is 1.96. The van der Waals surface area contributed by atoms with E-state index in [9.17, 15) is 0 Å². The minimum absolute atomic E-state index is 0.310. The topological polar surface area (TPSA) is 9.23 Å². The van der Waals surface area contributed by atoms with E-state index >= 15 is 0 Å². The molecule has 0 radical (unpaired) electrons. The summed E-state index contributed by atoms with van der Waals surface area (Å²) in [5.41, 5.74) is 1.40. The van der Waals surface area contributed by atoms with Crippen molar-refractivity contribution in [3.05, 3.63) is 60.2 Å². The molecule has 1 saturated carbocycles. The van der Waals surface area contributed by atoms with E-state index in [1.165, 1.54) is 35.6 Å². The molecule has 1 nitrogen and oxygen atoms in total. The standard InChI is InChI=1S/C18H22O.C3H6/c1-15(2)19-13-7-3-4-8-16-11-12-17-9-5-6-10-18(17)14-16;1-2-3-1/h3,5-7,9-12,14-15H,4,8,13H2,1-2H3;1-3H2/b7-3+;. The van der Waals surface area contributed by atoms with Crippen LogP contribution in [0.25, 0.3) is 10.8 Å². The van der Waals surface area contributed by atoms with Gasteiger partial charge in [-0.25, -0.2) is 0 Å².